The Morgan fingerprint density at radius 3 is 2.81 bits per heavy atom. The molecule has 0 saturated carbocycles. The zero-order chi connectivity index (χ0) is 21.2. The number of carbonyl (C=O) groups excluding carboxylic acids is 1. The molecule has 1 aliphatic heterocycles. The van der Waals surface area contributed by atoms with E-state index in [9.17, 15) is 4.79 Å². The highest BCUT2D eigenvalue weighted by Gasteiger charge is 2.30. The van der Waals surface area contributed by atoms with E-state index in [0.717, 1.165) is 67.8 Å². The van der Waals surface area contributed by atoms with Crippen LogP contribution in [0.4, 0.5) is 0 Å². The fraction of sp³-hybridized carbons (Fsp3) is 0.458. The fourth-order valence-corrected chi connectivity index (χ4v) is 4.76. The van der Waals surface area contributed by atoms with Crippen LogP contribution in [0.15, 0.2) is 40.9 Å². The lowest BCUT2D eigenvalue weighted by atomic mass is 9.91. The molecule has 2 aromatic heterocycles. The molecule has 1 aliphatic carbocycles. The largest absolute Gasteiger partial charge is 0.356 e. The Bertz CT molecular complexity index is 1050. The number of nitrogens with one attached hydrogen (secondary N) is 1. The van der Waals surface area contributed by atoms with Crippen molar-refractivity contribution in [3.05, 3.63) is 59.0 Å². The van der Waals surface area contributed by atoms with Crippen LogP contribution in [0.2, 0.25) is 0 Å². The van der Waals surface area contributed by atoms with Crippen molar-refractivity contribution < 1.29 is 9.32 Å². The Labute approximate surface area is 182 Å². The molecule has 1 fully saturated rings. The second-order valence-corrected chi connectivity index (χ2v) is 8.62. The SMILES string of the molecule is Cn1nc(C(=O)N2CCCCC2)c2c1CCC(NCc1cc(-c3ccccc3)on1)C2. The Hall–Kier alpha value is -2.93. The van der Waals surface area contributed by atoms with Crippen molar-refractivity contribution in [3.8, 4) is 11.3 Å². The second-order valence-electron chi connectivity index (χ2n) is 8.62. The summed E-state index contributed by atoms with van der Waals surface area (Å²) in [7, 11) is 1.96. The molecule has 0 radical (unpaired) electrons. The molecule has 1 unspecified atom stereocenters. The van der Waals surface area contributed by atoms with E-state index in [2.05, 4.69) is 15.6 Å². The summed E-state index contributed by atoms with van der Waals surface area (Å²) >= 11 is 0. The zero-order valence-corrected chi connectivity index (χ0v) is 18.0. The van der Waals surface area contributed by atoms with Crippen molar-refractivity contribution in [3.63, 3.8) is 0 Å². The standard InChI is InChI=1S/C24H29N5O2/c1-28-21-11-10-18(14-20(21)23(26-28)24(30)29-12-6-3-7-13-29)25-16-19-15-22(31-27-19)17-8-4-2-5-9-17/h2,4-5,8-9,15,18,25H,3,6-7,10-14,16H2,1H3. The highest BCUT2D eigenvalue weighted by Crippen LogP contribution is 2.27. The first kappa shape index (κ1) is 20.0. The first-order chi connectivity index (χ1) is 15.2. The van der Waals surface area contributed by atoms with Crippen molar-refractivity contribution in [2.75, 3.05) is 13.1 Å². The van der Waals surface area contributed by atoms with Gasteiger partial charge in [-0.2, -0.15) is 5.10 Å². The van der Waals surface area contributed by atoms with Crippen LogP contribution in [-0.2, 0) is 26.4 Å². The number of hydrogen-bond acceptors (Lipinski definition) is 5. The van der Waals surface area contributed by atoms with Crippen LogP contribution in [0.3, 0.4) is 0 Å². The molecule has 5 rings (SSSR count). The van der Waals surface area contributed by atoms with Crippen molar-refractivity contribution in [2.45, 2.75) is 51.1 Å². The van der Waals surface area contributed by atoms with E-state index in [-0.39, 0.29) is 5.91 Å². The van der Waals surface area contributed by atoms with Crippen LogP contribution < -0.4 is 5.32 Å². The Morgan fingerprint density at radius 1 is 1.19 bits per heavy atom. The van der Waals surface area contributed by atoms with Gasteiger partial charge < -0.3 is 14.7 Å². The lowest BCUT2D eigenvalue weighted by Gasteiger charge is -2.27. The van der Waals surface area contributed by atoms with Crippen LogP contribution >= 0.6 is 0 Å². The quantitative estimate of drug-likeness (QED) is 0.686. The van der Waals surface area contributed by atoms with E-state index in [1.165, 1.54) is 12.1 Å². The number of aryl methyl sites for hydroxylation is 1. The first-order valence-electron chi connectivity index (χ1n) is 11.3. The van der Waals surface area contributed by atoms with E-state index >= 15 is 0 Å². The summed E-state index contributed by atoms with van der Waals surface area (Å²) in [5.74, 6) is 0.881. The maximum atomic E-state index is 13.1. The summed E-state index contributed by atoms with van der Waals surface area (Å²) in [6.07, 6.45) is 6.16. The minimum absolute atomic E-state index is 0.0983. The first-order valence-corrected chi connectivity index (χ1v) is 11.3. The number of likely N-dealkylation sites (tertiary alicyclic amines) is 1. The molecule has 0 bridgehead atoms. The molecule has 1 aromatic carbocycles. The van der Waals surface area contributed by atoms with E-state index < -0.39 is 0 Å². The number of rotatable bonds is 5. The number of nitrogens with zero attached hydrogens (tertiary/aromatic N) is 4. The maximum Gasteiger partial charge on any atom is 0.274 e. The highest BCUT2D eigenvalue weighted by molar-refractivity contribution is 5.94. The number of amides is 1. The van der Waals surface area contributed by atoms with Crippen LogP contribution in [0.25, 0.3) is 11.3 Å². The molecule has 1 saturated heterocycles. The Kier molecular flexibility index (Phi) is 5.59. The van der Waals surface area contributed by atoms with Crippen molar-refractivity contribution in [1.29, 1.82) is 0 Å². The van der Waals surface area contributed by atoms with Crippen molar-refractivity contribution >= 4 is 5.91 Å². The molecule has 1 amide bonds. The van der Waals surface area contributed by atoms with Gasteiger partial charge in [-0.25, -0.2) is 0 Å². The Morgan fingerprint density at radius 2 is 2.00 bits per heavy atom. The fourth-order valence-electron chi connectivity index (χ4n) is 4.76. The molecular formula is C24H29N5O2. The summed E-state index contributed by atoms with van der Waals surface area (Å²) in [4.78, 5) is 15.1. The van der Waals surface area contributed by atoms with E-state index in [1.54, 1.807) is 0 Å². The number of carbonyl (C=O) groups is 1. The van der Waals surface area contributed by atoms with Crippen LogP contribution in [0, 0.1) is 0 Å². The molecule has 162 valence electrons. The third-order valence-corrected chi connectivity index (χ3v) is 6.49. The van der Waals surface area contributed by atoms with Gasteiger partial charge in [-0.1, -0.05) is 35.5 Å². The molecule has 3 heterocycles. The second kappa shape index (κ2) is 8.67. The van der Waals surface area contributed by atoms with Gasteiger partial charge >= 0.3 is 0 Å². The predicted molar refractivity (Wildman–Crippen MR) is 118 cm³/mol. The summed E-state index contributed by atoms with van der Waals surface area (Å²) in [5, 5.41) is 12.5. The van der Waals surface area contributed by atoms with Gasteiger partial charge in [0.25, 0.3) is 5.91 Å². The van der Waals surface area contributed by atoms with Gasteiger partial charge in [-0.3, -0.25) is 9.48 Å². The third kappa shape index (κ3) is 4.14. The van der Waals surface area contributed by atoms with Gasteiger partial charge in [0.2, 0.25) is 0 Å². The number of hydrogen-bond donors (Lipinski definition) is 1. The van der Waals surface area contributed by atoms with Crippen LogP contribution in [0.5, 0.6) is 0 Å². The topological polar surface area (TPSA) is 76.2 Å². The number of aromatic nitrogens is 3. The number of benzene rings is 1. The number of piperidine rings is 1. The van der Waals surface area contributed by atoms with E-state index in [4.69, 9.17) is 4.52 Å². The van der Waals surface area contributed by atoms with E-state index in [0.29, 0.717) is 18.3 Å². The average Bonchev–Trinajstić information content (AvgIpc) is 3.43. The van der Waals surface area contributed by atoms with Gasteiger partial charge in [0.15, 0.2) is 11.5 Å². The highest BCUT2D eigenvalue weighted by atomic mass is 16.5. The summed E-state index contributed by atoms with van der Waals surface area (Å²) in [5.41, 5.74) is 4.89. The zero-order valence-electron chi connectivity index (χ0n) is 18.0. The molecule has 2 aliphatic rings. The molecule has 1 N–H and O–H groups in total. The molecule has 7 heteroatoms. The molecule has 7 nitrogen and oxygen atoms in total. The number of fused-ring (bicyclic) bond motifs is 1. The Balaban J connectivity index is 1.25. The normalized spacial score (nSPS) is 18.7. The lowest BCUT2D eigenvalue weighted by molar-refractivity contribution is 0.0716. The van der Waals surface area contributed by atoms with Gasteiger partial charge in [-0.05, 0) is 38.5 Å². The lowest BCUT2D eigenvalue weighted by Crippen LogP contribution is -2.38. The van der Waals surface area contributed by atoms with Gasteiger partial charge in [0.05, 0.1) is 5.69 Å². The summed E-state index contributed by atoms with van der Waals surface area (Å²) < 4.78 is 7.42. The summed E-state index contributed by atoms with van der Waals surface area (Å²) in [6, 6.07) is 12.3. The molecule has 3 aromatic rings. The maximum absolute atomic E-state index is 13.1. The third-order valence-electron chi connectivity index (χ3n) is 6.49. The molecule has 0 spiro atoms. The minimum atomic E-state index is 0.0983. The van der Waals surface area contributed by atoms with Crippen molar-refractivity contribution in [2.24, 2.45) is 7.05 Å². The molecule has 1 atom stereocenters. The minimum Gasteiger partial charge on any atom is -0.356 e. The monoisotopic (exact) mass is 419 g/mol. The van der Waals surface area contributed by atoms with Crippen LogP contribution in [0.1, 0.15) is 53.1 Å². The van der Waals surface area contributed by atoms with Gasteiger partial charge in [-0.15, -0.1) is 0 Å². The van der Waals surface area contributed by atoms with E-state index in [1.807, 2.05) is 53.0 Å². The summed E-state index contributed by atoms with van der Waals surface area (Å²) in [6.45, 7) is 2.34. The van der Waals surface area contributed by atoms with Crippen LogP contribution in [-0.4, -0.2) is 44.9 Å². The molecule has 31 heavy (non-hydrogen) atoms. The van der Waals surface area contributed by atoms with Gasteiger partial charge in [0.1, 0.15) is 0 Å². The predicted octanol–water partition coefficient (Wildman–Crippen LogP) is 3.35. The molecular weight excluding hydrogens is 390 g/mol. The van der Waals surface area contributed by atoms with Crippen molar-refractivity contribution in [1.82, 2.24) is 25.2 Å². The van der Waals surface area contributed by atoms with Gasteiger partial charge in [0, 0.05) is 55.6 Å². The average molecular weight is 420 g/mol. The smallest absolute Gasteiger partial charge is 0.274 e.